The number of fused-ring (bicyclic) bond motifs is 1. The molecule has 0 radical (unpaired) electrons. The Balaban J connectivity index is 1.52. The van der Waals surface area contributed by atoms with Crippen LogP contribution in [-0.2, 0) is 0 Å². The van der Waals surface area contributed by atoms with Crippen LogP contribution in [-0.4, -0.2) is 45.2 Å². The van der Waals surface area contributed by atoms with Crippen LogP contribution >= 0.6 is 0 Å². The normalized spacial score (nSPS) is 15.3. The van der Waals surface area contributed by atoms with Crippen LogP contribution in [0.4, 0.5) is 0 Å². The Hall–Kier alpha value is -2.66. The van der Waals surface area contributed by atoms with Crippen LogP contribution in [0, 0.1) is 5.92 Å². The number of hydrogen-bond acceptors (Lipinski definition) is 3. The predicted octanol–water partition coefficient (Wildman–Crippen LogP) is 2.87. The van der Waals surface area contributed by atoms with Crippen LogP contribution in [0.3, 0.4) is 0 Å². The Bertz CT molecular complexity index is 897. The Labute approximate surface area is 146 Å². The molecule has 5 nitrogen and oxygen atoms in total. The number of carbonyl (C=O) groups is 1. The standard InChI is InChI=1S/C20H21N3O2/c1-22(12-19(24)14-6-7-14)20(25)15-8-10-16(11-9-15)23-13-21-17-4-2-3-5-18(17)23/h2-5,8-11,13-14,19,24H,6-7,12H2,1H3. The van der Waals surface area contributed by atoms with Crippen molar-refractivity contribution in [2.75, 3.05) is 13.6 Å². The summed E-state index contributed by atoms with van der Waals surface area (Å²) >= 11 is 0. The lowest BCUT2D eigenvalue weighted by Gasteiger charge is -2.21. The third-order valence-electron chi connectivity index (χ3n) is 4.82. The van der Waals surface area contributed by atoms with Crippen LogP contribution < -0.4 is 0 Å². The first-order chi connectivity index (χ1) is 12.1. The number of aliphatic hydroxyl groups is 1. The molecule has 3 aromatic rings. The molecule has 0 aliphatic heterocycles. The maximum Gasteiger partial charge on any atom is 0.253 e. The SMILES string of the molecule is CN(CC(O)C1CC1)C(=O)c1ccc(-n2cnc3ccccc32)cc1. The fourth-order valence-electron chi connectivity index (χ4n) is 3.14. The minimum Gasteiger partial charge on any atom is -0.391 e. The lowest BCUT2D eigenvalue weighted by molar-refractivity contribution is 0.0645. The molecule has 2 aromatic carbocycles. The first-order valence-electron chi connectivity index (χ1n) is 8.59. The van der Waals surface area contributed by atoms with Crippen molar-refractivity contribution in [3.8, 4) is 5.69 Å². The van der Waals surface area contributed by atoms with Crippen LogP contribution in [0.25, 0.3) is 16.7 Å². The second-order valence-corrected chi connectivity index (χ2v) is 6.74. The smallest absolute Gasteiger partial charge is 0.253 e. The molecule has 1 heterocycles. The summed E-state index contributed by atoms with van der Waals surface area (Å²) in [6.45, 7) is 0.386. The molecule has 0 saturated heterocycles. The summed E-state index contributed by atoms with van der Waals surface area (Å²) in [5, 5.41) is 10.0. The number of likely N-dealkylation sites (N-methyl/N-ethyl adjacent to an activating group) is 1. The van der Waals surface area contributed by atoms with E-state index in [1.807, 2.05) is 53.1 Å². The number of imidazole rings is 1. The zero-order valence-electron chi connectivity index (χ0n) is 14.2. The van der Waals surface area contributed by atoms with Crippen molar-refractivity contribution >= 4 is 16.9 Å². The van der Waals surface area contributed by atoms with Gasteiger partial charge in [0.2, 0.25) is 0 Å². The van der Waals surface area contributed by atoms with Crippen LogP contribution in [0.15, 0.2) is 54.9 Å². The second-order valence-electron chi connectivity index (χ2n) is 6.74. The summed E-state index contributed by atoms with van der Waals surface area (Å²) < 4.78 is 2.00. The summed E-state index contributed by atoms with van der Waals surface area (Å²) in [5.74, 6) is 0.300. The van der Waals surface area contributed by atoms with Crippen molar-refractivity contribution in [2.24, 2.45) is 5.92 Å². The molecule has 1 unspecified atom stereocenters. The summed E-state index contributed by atoms with van der Waals surface area (Å²) in [6, 6.07) is 15.4. The lowest BCUT2D eigenvalue weighted by atomic mass is 10.1. The average molecular weight is 335 g/mol. The average Bonchev–Trinajstić information content (AvgIpc) is 3.41. The summed E-state index contributed by atoms with van der Waals surface area (Å²) in [5.41, 5.74) is 3.56. The molecule has 1 atom stereocenters. The van der Waals surface area contributed by atoms with E-state index < -0.39 is 6.10 Å². The molecule has 4 rings (SSSR count). The second kappa shape index (κ2) is 6.33. The monoisotopic (exact) mass is 335 g/mol. The van der Waals surface area contributed by atoms with E-state index in [1.54, 1.807) is 18.3 Å². The zero-order valence-corrected chi connectivity index (χ0v) is 14.2. The van der Waals surface area contributed by atoms with Crippen LogP contribution in [0.1, 0.15) is 23.2 Å². The number of benzene rings is 2. The zero-order chi connectivity index (χ0) is 17.4. The summed E-state index contributed by atoms with van der Waals surface area (Å²) in [6.07, 6.45) is 3.51. The first kappa shape index (κ1) is 15.8. The Morgan fingerprint density at radius 3 is 2.68 bits per heavy atom. The van der Waals surface area contributed by atoms with Gasteiger partial charge in [-0.05, 0) is 55.2 Å². The lowest BCUT2D eigenvalue weighted by Crippen LogP contribution is -2.35. The van der Waals surface area contributed by atoms with Gasteiger partial charge in [0.25, 0.3) is 5.91 Å². The number of nitrogens with zero attached hydrogens (tertiary/aromatic N) is 3. The Morgan fingerprint density at radius 1 is 1.24 bits per heavy atom. The van der Waals surface area contributed by atoms with E-state index in [9.17, 15) is 9.90 Å². The molecule has 1 saturated carbocycles. The Kier molecular flexibility index (Phi) is 4.01. The highest BCUT2D eigenvalue weighted by Crippen LogP contribution is 2.32. The Morgan fingerprint density at radius 2 is 1.96 bits per heavy atom. The van der Waals surface area contributed by atoms with Gasteiger partial charge in [0.1, 0.15) is 6.33 Å². The van der Waals surface area contributed by atoms with Crippen molar-refractivity contribution in [1.82, 2.24) is 14.5 Å². The van der Waals surface area contributed by atoms with Gasteiger partial charge in [-0.3, -0.25) is 9.36 Å². The molecule has 0 spiro atoms. The summed E-state index contributed by atoms with van der Waals surface area (Å²) in [7, 11) is 1.74. The van der Waals surface area contributed by atoms with Gasteiger partial charge < -0.3 is 10.0 Å². The van der Waals surface area contributed by atoms with Crippen molar-refractivity contribution in [2.45, 2.75) is 18.9 Å². The number of amides is 1. The fourth-order valence-corrected chi connectivity index (χ4v) is 3.14. The molecule has 1 amide bonds. The molecule has 25 heavy (non-hydrogen) atoms. The number of para-hydroxylation sites is 2. The van der Waals surface area contributed by atoms with Gasteiger partial charge >= 0.3 is 0 Å². The van der Waals surface area contributed by atoms with Gasteiger partial charge in [-0.1, -0.05) is 12.1 Å². The van der Waals surface area contributed by atoms with E-state index in [-0.39, 0.29) is 5.91 Å². The number of carbonyl (C=O) groups excluding carboxylic acids is 1. The van der Waals surface area contributed by atoms with E-state index in [1.165, 1.54) is 0 Å². The van der Waals surface area contributed by atoms with Crippen molar-refractivity contribution in [1.29, 1.82) is 0 Å². The maximum absolute atomic E-state index is 12.5. The van der Waals surface area contributed by atoms with E-state index in [4.69, 9.17) is 0 Å². The highest BCUT2D eigenvalue weighted by Gasteiger charge is 2.31. The molecule has 1 N–H and O–H groups in total. The minimum atomic E-state index is -0.412. The van der Waals surface area contributed by atoms with Crippen molar-refractivity contribution < 1.29 is 9.90 Å². The molecule has 0 bridgehead atoms. The van der Waals surface area contributed by atoms with Gasteiger partial charge in [-0.25, -0.2) is 4.98 Å². The third kappa shape index (κ3) is 3.15. The van der Waals surface area contributed by atoms with Gasteiger partial charge in [-0.2, -0.15) is 0 Å². The topological polar surface area (TPSA) is 58.4 Å². The number of rotatable bonds is 5. The van der Waals surface area contributed by atoms with Crippen molar-refractivity contribution in [3.63, 3.8) is 0 Å². The number of aromatic nitrogens is 2. The van der Waals surface area contributed by atoms with Crippen LogP contribution in [0.2, 0.25) is 0 Å². The minimum absolute atomic E-state index is 0.0678. The molecular formula is C20H21N3O2. The molecule has 1 aliphatic rings. The van der Waals surface area contributed by atoms with E-state index in [0.29, 0.717) is 18.0 Å². The largest absolute Gasteiger partial charge is 0.391 e. The highest BCUT2D eigenvalue weighted by molar-refractivity contribution is 5.94. The number of hydrogen-bond donors (Lipinski definition) is 1. The van der Waals surface area contributed by atoms with E-state index in [2.05, 4.69) is 4.98 Å². The quantitative estimate of drug-likeness (QED) is 0.780. The molecule has 1 fully saturated rings. The van der Waals surface area contributed by atoms with E-state index >= 15 is 0 Å². The number of aliphatic hydroxyl groups excluding tert-OH is 1. The molecular weight excluding hydrogens is 314 g/mol. The maximum atomic E-state index is 12.5. The van der Waals surface area contributed by atoms with Crippen molar-refractivity contribution in [3.05, 3.63) is 60.4 Å². The van der Waals surface area contributed by atoms with Gasteiger partial charge in [0.05, 0.1) is 17.1 Å². The predicted molar refractivity (Wildman–Crippen MR) is 96.8 cm³/mol. The van der Waals surface area contributed by atoms with Gasteiger partial charge in [0, 0.05) is 24.8 Å². The summed E-state index contributed by atoms with van der Waals surface area (Å²) in [4.78, 5) is 18.5. The molecule has 5 heteroatoms. The van der Waals surface area contributed by atoms with Gasteiger partial charge in [0.15, 0.2) is 0 Å². The highest BCUT2D eigenvalue weighted by atomic mass is 16.3. The third-order valence-corrected chi connectivity index (χ3v) is 4.82. The fraction of sp³-hybridized carbons (Fsp3) is 0.300. The molecule has 1 aromatic heterocycles. The van der Waals surface area contributed by atoms with Gasteiger partial charge in [-0.15, -0.1) is 0 Å². The molecule has 1 aliphatic carbocycles. The first-order valence-corrected chi connectivity index (χ1v) is 8.59. The van der Waals surface area contributed by atoms with E-state index in [0.717, 1.165) is 29.6 Å². The molecule has 128 valence electrons. The van der Waals surface area contributed by atoms with Crippen LogP contribution in [0.5, 0.6) is 0 Å².